The van der Waals surface area contributed by atoms with E-state index in [-0.39, 0.29) is 23.3 Å². The number of halogens is 1. The molecule has 0 unspecified atom stereocenters. The SMILES string of the molecule is C[C@@H]1[C@@H](n2c(=O)cc(O)n(CCc3ccc(Cl)cc3)c2=O)C[C@H]2C[C@@H]1C2(C)C. The van der Waals surface area contributed by atoms with Crippen LogP contribution in [0.4, 0.5) is 0 Å². The molecule has 0 aliphatic heterocycles. The molecule has 0 radical (unpaired) electrons. The van der Waals surface area contributed by atoms with Crippen molar-refractivity contribution in [2.75, 3.05) is 0 Å². The van der Waals surface area contributed by atoms with Crippen LogP contribution in [0.2, 0.25) is 5.02 Å². The number of rotatable bonds is 4. The van der Waals surface area contributed by atoms with E-state index in [1.54, 1.807) is 12.1 Å². The number of fused-ring (bicyclic) bond motifs is 2. The Balaban J connectivity index is 1.64. The largest absolute Gasteiger partial charge is 0.494 e. The van der Waals surface area contributed by atoms with Crippen LogP contribution in [0.1, 0.15) is 45.2 Å². The Labute approximate surface area is 169 Å². The first kappa shape index (κ1) is 19.3. The lowest BCUT2D eigenvalue weighted by Crippen LogP contribution is -2.58. The summed E-state index contributed by atoms with van der Waals surface area (Å²) in [5.74, 6) is 1.06. The minimum atomic E-state index is -0.407. The van der Waals surface area contributed by atoms with E-state index in [9.17, 15) is 14.7 Å². The van der Waals surface area contributed by atoms with Crippen LogP contribution >= 0.6 is 11.6 Å². The standard InChI is InChI=1S/C22H27ClN2O3/c1-13-17-10-15(22(17,2)3)11-18(13)25-20(27)12-19(26)24(21(25)28)9-8-14-4-6-16(23)7-5-14/h4-7,12-13,15,17-18,26H,8-11H2,1-3H3/t13-,15+,17-,18-/m0/s1. The first-order valence-corrected chi connectivity index (χ1v) is 10.4. The molecular weight excluding hydrogens is 376 g/mol. The molecule has 28 heavy (non-hydrogen) atoms. The van der Waals surface area contributed by atoms with E-state index in [2.05, 4.69) is 20.8 Å². The molecule has 0 spiro atoms. The summed E-state index contributed by atoms with van der Waals surface area (Å²) in [4.78, 5) is 25.8. The van der Waals surface area contributed by atoms with Crippen molar-refractivity contribution < 1.29 is 5.11 Å². The highest BCUT2D eigenvalue weighted by atomic mass is 35.5. The number of aromatic nitrogens is 2. The number of hydrogen-bond acceptors (Lipinski definition) is 3. The second-order valence-corrected chi connectivity index (χ2v) is 9.48. The lowest BCUT2D eigenvalue weighted by Gasteiger charge is -2.62. The van der Waals surface area contributed by atoms with E-state index in [1.165, 1.54) is 21.6 Å². The Morgan fingerprint density at radius 1 is 1.18 bits per heavy atom. The van der Waals surface area contributed by atoms with Crippen molar-refractivity contribution in [3.8, 4) is 5.88 Å². The second-order valence-electron chi connectivity index (χ2n) is 9.04. The number of nitrogens with zero attached hydrogens (tertiary/aromatic N) is 2. The molecule has 1 aromatic heterocycles. The summed E-state index contributed by atoms with van der Waals surface area (Å²) < 4.78 is 2.70. The molecule has 0 amide bonds. The first-order chi connectivity index (χ1) is 13.2. The molecule has 2 aromatic rings. The lowest BCUT2D eigenvalue weighted by molar-refractivity contribution is -0.125. The number of aromatic hydroxyl groups is 1. The fourth-order valence-corrected chi connectivity index (χ4v) is 5.58. The molecule has 4 atom stereocenters. The summed E-state index contributed by atoms with van der Waals surface area (Å²) in [6.07, 6.45) is 2.60. The van der Waals surface area contributed by atoms with Gasteiger partial charge in [0.15, 0.2) is 0 Å². The molecule has 1 N–H and O–H groups in total. The van der Waals surface area contributed by atoms with Gasteiger partial charge in [0, 0.05) is 17.6 Å². The normalized spacial score (nSPS) is 28.0. The van der Waals surface area contributed by atoms with Crippen molar-refractivity contribution in [3.05, 3.63) is 61.8 Å². The molecule has 5 rings (SSSR count). The summed E-state index contributed by atoms with van der Waals surface area (Å²) >= 11 is 5.92. The van der Waals surface area contributed by atoms with Gasteiger partial charge in [0.1, 0.15) is 0 Å². The van der Waals surface area contributed by atoms with Crippen molar-refractivity contribution in [2.24, 2.45) is 23.2 Å². The Morgan fingerprint density at radius 2 is 1.86 bits per heavy atom. The fraction of sp³-hybridized carbons (Fsp3) is 0.545. The highest BCUT2D eigenvalue weighted by Gasteiger charge is 2.57. The third-order valence-corrected chi connectivity index (χ3v) is 7.64. The van der Waals surface area contributed by atoms with Gasteiger partial charge < -0.3 is 5.11 Å². The summed E-state index contributed by atoms with van der Waals surface area (Å²) in [6.45, 7) is 7.06. The van der Waals surface area contributed by atoms with Crippen LogP contribution in [-0.4, -0.2) is 14.2 Å². The zero-order valence-electron chi connectivity index (χ0n) is 16.6. The fourth-order valence-electron chi connectivity index (χ4n) is 5.45. The van der Waals surface area contributed by atoms with E-state index in [0.29, 0.717) is 29.8 Å². The molecule has 2 bridgehead atoms. The predicted molar refractivity (Wildman–Crippen MR) is 110 cm³/mol. The molecule has 6 heteroatoms. The number of hydrogen-bond donors (Lipinski definition) is 1. The van der Waals surface area contributed by atoms with Crippen LogP contribution in [0.5, 0.6) is 5.88 Å². The topological polar surface area (TPSA) is 64.2 Å². The van der Waals surface area contributed by atoms with Crippen LogP contribution in [0.15, 0.2) is 39.9 Å². The maximum absolute atomic E-state index is 13.2. The van der Waals surface area contributed by atoms with Gasteiger partial charge in [-0.1, -0.05) is 44.5 Å². The summed E-state index contributed by atoms with van der Waals surface area (Å²) in [5.41, 5.74) is 0.489. The first-order valence-electron chi connectivity index (χ1n) is 10.00. The Morgan fingerprint density at radius 3 is 2.46 bits per heavy atom. The molecule has 0 saturated heterocycles. The summed E-state index contributed by atoms with van der Waals surface area (Å²) in [7, 11) is 0. The van der Waals surface area contributed by atoms with Crippen molar-refractivity contribution in [1.82, 2.24) is 9.13 Å². The van der Waals surface area contributed by atoms with Crippen molar-refractivity contribution in [3.63, 3.8) is 0 Å². The molecule has 3 aliphatic carbocycles. The van der Waals surface area contributed by atoms with Gasteiger partial charge in [0.25, 0.3) is 5.56 Å². The van der Waals surface area contributed by atoms with Crippen LogP contribution in [0.3, 0.4) is 0 Å². The monoisotopic (exact) mass is 402 g/mol. The molecule has 1 aromatic carbocycles. The van der Waals surface area contributed by atoms with E-state index in [1.807, 2.05) is 12.1 Å². The van der Waals surface area contributed by atoms with E-state index in [4.69, 9.17) is 11.6 Å². The molecule has 3 aliphatic rings. The summed E-state index contributed by atoms with van der Waals surface area (Å²) in [6, 6.07) is 8.50. The Bertz CT molecular complexity index is 1010. The molecule has 3 saturated carbocycles. The maximum atomic E-state index is 13.2. The van der Waals surface area contributed by atoms with Gasteiger partial charge in [-0.05, 0) is 60.1 Å². The van der Waals surface area contributed by atoms with Crippen molar-refractivity contribution >= 4 is 11.6 Å². The van der Waals surface area contributed by atoms with Crippen molar-refractivity contribution in [2.45, 2.75) is 52.6 Å². The van der Waals surface area contributed by atoms with Gasteiger partial charge in [-0.25, -0.2) is 4.79 Å². The van der Waals surface area contributed by atoms with Gasteiger partial charge in [0.05, 0.1) is 6.07 Å². The van der Waals surface area contributed by atoms with Crippen LogP contribution in [0.25, 0.3) is 0 Å². The quantitative estimate of drug-likeness (QED) is 0.844. The van der Waals surface area contributed by atoms with Crippen LogP contribution in [0, 0.1) is 23.2 Å². The average Bonchev–Trinajstić information content (AvgIpc) is 2.63. The van der Waals surface area contributed by atoms with Gasteiger partial charge in [-0.3, -0.25) is 13.9 Å². The molecule has 150 valence electrons. The third-order valence-electron chi connectivity index (χ3n) is 7.39. The smallest absolute Gasteiger partial charge is 0.334 e. The Kier molecular flexibility index (Phi) is 4.69. The second kappa shape index (κ2) is 6.80. The van der Waals surface area contributed by atoms with E-state index < -0.39 is 11.2 Å². The van der Waals surface area contributed by atoms with Gasteiger partial charge >= 0.3 is 5.69 Å². The number of benzene rings is 1. The van der Waals surface area contributed by atoms with E-state index in [0.717, 1.165) is 12.0 Å². The molecule has 3 fully saturated rings. The van der Waals surface area contributed by atoms with Gasteiger partial charge in [0.2, 0.25) is 5.88 Å². The van der Waals surface area contributed by atoms with Crippen molar-refractivity contribution in [1.29, 1.82) is 0 Å². The third kappa shape index (κ3) is 3.00. The Hall–Kier alpha value is -2.01. The molecule has 5 nitrogen and oxygen atoms in total. The minimum Gasteiger partial charge on any atom is -0.494 e. The maximum Gasteiger partial charge on any atom is 0.334 e. The van der Waals surface area contributed by atoms with Crippen LogP contribution in [-0.2, 0) is 13.0 Å². The lowest BCUT2D eigenvalue weighted by atomic mass is 9.44. The van der Waals surface area contributed by atoms with E-state index >= 15 is 0 Å². The van der Waals surface area contributed by atoms with Gasteiger partial charge in [-0.15, -0.1) is 0 Å². The predicted octanol–water partition coefficient (Wildman–Crippen LogP) is 3.85. The zero-order valence-corrected chi connectivity index (χ0v) is 17.3. The zero-order chi connectivity index (χ0) is 20.2. The molecule has 1 heterocycles. The average molecular weight is 403 g/mol. The molecular formula is C22H27ClN2O3. The number of aryl methyl sites for hydroxylation is 1. The highest BCUT2D eigenvalue weighted by molar-refractivity contribution is 6.30. The highest BCUT2D eigenvalue weighted by Crippen LogP contribution is 2.63. The summed E-state index contributed by atoms with van der Waals surface area (Å²) in [5, 5.41) is 10.9. The van der Waals surface area contributed by atoms with Crippen LogP contribution < -0.4 is 11.2 Å². The van der Waals surface area contributed by atoms with Gasteiger partial charge in [-0.2, -0.15) is 0 Å². The minimum absolute atomic E-state index is 0.0980.